The van der Waals surface area contributed by atoms with Crippen molar-refractivity contribution < 1.29 is 0 Å². The van der Waals surface area contributed by atoms with Crippen molar-refractivity contribution in [3.8, 4) is 0 Å². The van der Waals surface area contributed by atoms with Gasteiger partial charge in [-0.2, -0.15) is 0 Å². The standard InChI is InChI=1S/C13H16BrClN2S2/c1-4-5-16-11(10-6-9(14)12(15)19-10)13-17-7(2)8(3)18-13/h6,11,16H,4-5H2,1-3H3. The number of nitrogens with zero attached hydrogens (tertiary/aromatic N) is 1. The first-order valence-electron chi connectivity index (χ1n) is 6.15. The minimum atomic E-state index is 0.145. The predicted octanol–water partition coefficient (Wildman–Crippen LogP) is 5.33. The van der Waals surface area contributed by atoms with Crippen LogP contribution in [0, 0.1) is 13.8 Å². The van der Waals surface area contributed by atoms with Gasteiger partial charge in [0.05, 0.1) is 11.7 Å². The van der Waals surface area contributed by atoms with Gasteiger partial charge in [-0.05, 0) is 48.8 Å². The van der Waals surface area contributed by atoms with Crippen LogP contribution >= 0.6 is 50.2 Å². The van der Waals surface area contributed by atoms with Crippen LogP contribution in [0.5, 0.6) is 0 Å². The van der Waals surface area contributed by atoms with E-state index in [1.165, 1.54) is 9.75 Å². The number of aromatic nitrogens is 1. The molecule has 2 rings (SSSR count). The molecule has 0 amide bonds. The predicted molar refractivity (Wildman–Crippen MR) is 88.8 cm³/mol. The molecular weight excluding hydrogens is 364 g/mol. The van der Waals surface area contributed by atoms with Gasteiger partial charge < -0.3 is 5.32 Å². The quantitative estimate of drug-likeness (QED) is 0.759. The number of rotatable bonds is 5. The molecule has 0 saturated carbocycles. The Labute approximate surface area is 135 Å². The Morgan fingerprint density at radius 3 is 2.63 bits per heavy atom. The van der Waals surface area contributed by atoms with E-state index >= 15 is 0 Å². The molecule has 1 unspecified atom stereocenters. The van der Waals surface area contributed by atoms with Gasteiger partial charge in [-0.1, -0.05) is 18.5 Å². The summed E-state index contributed by atoms with van der Waals surface area (Å²) in [5.74, 6) is 0. The van der Waals surface area contributed by atoms with E-state index in [2.05, 4.69) is 53.1 Å². The zero-order valence-corrected chi connectivity index (χ0v) is 15.1. The van der Waals surface area contributed by atoms with Crippen LogP contribution in [0.1, 0.15) is 39.8 Å². The zero-order valence-electron chi connectivity index (χ0n) is 11.1. The Hall–Kier alpha value is 0.0600. The van der Waals surface area contributed by atoms with Crippen molar-refractivity contribution in [2.75, 3.05) is 6.54 Å². The lowest BCUT2D eigenvalue weighted by molar-refractivity contribution is 0.602. The summed E-state index contributed by atoms with van der Waals surface area (Å²) in [4.78, 5) is 7.17. The Bertz CT molecular complexity index is 480. The summed E-state index contributed by atoms with van der Waals surface area (Å²) in [5.41, 5.74) is 1.12. The molecule has 2 heterocycles. The first kappa shape index (κ1) is 15.4. The van der Waals surface area contributed by atoms with Gasteiger partial charge >= 0.3 is 0 Å². The molecule has 19 heavy (non-hydrogen) atoms. The molecule has 0 fully saturated rings. The lowest BCUT2D eigenvalue weighted by atomic mass is 10.2. The maximum absolute atomic E-state index is 6.16. The van der Waals surface area contributed by atoms with E-state index in [0.717, 1.165) is 32.5 Å². The fourth-order valence-electron chi connectivity index (χ4n) is 1.72. The van der Waals surface area contributed by atoms with Gasteiger partial charge in [0.1, 0.15) is 9.34 Å². The van der Waals surface area contributed by atoms with Crippen LogP contribution in [-0.2, 0) is 0 Å². The highest BCUT2D eigenvalue weighted by Crippen LogP contribution is 2.38. The van der Waals surface area contributed by atoms with Gasteiger partial charge in [0.25, 0.3) is 0 Å². The second-order valence-electron chi connectivity index (χ2n) is 4.35. The SMILES string of the molecule is CCCNC(c1cc(Br)c(Cl)s1)c1nc(C)c(C)s1. The third-order valence-corrected chi connectivity index (χ3v) is 6.52. The van der Waals surface area contributed by atoms with Crippen LogP contribution < -0.4 is 5.32 Å². The normalized spacial score (nSPS) is 12.9. The number of thiazole rings is 1. The lowest BCUT2D eigenvalue weighted by Gasteiger charge is -2.14. The number of thiophene rings is 1. The van der Waals surface area contributed by atoms with Crippen molar-refractivity contribution in [3.63, 3.8) is 0 Å². The van der Waals surface area contributed by atoms with Gasteiger partial charge in [0, 0.05) is 14.2 Å². The van der Waals surface area contributed by atoms with E-state index in [4.69, 9.17) is 11.6 Å². The topological polar surface area (TPSA) is 24.9 Å². The smallest absolute Gasteiger partial charge is 0.115 e. The molecule has 6 heteroatoms. The van der Waals surface area contributed by atoms with Gasteiger partial charge in [0.15, 0.2) is 0 Å². The second kappa shape index (κ2) is 6.68. The lowest BCUT2D eigenvalue weighted by Crippen LogP contribution is -2.22. The van der Waals surface area contributed by atoms with Crippen LogP contribution in [0.15, 0.2) is 10.5 Å². The van der Waals surface area contributed by atoms with Crippen LogP contribution in [0.4, 0.5) is 0 Å². The molecule has 0 radical (unpaired) electrons. The van der Waals surface area contributed by atoms with Crippen molar-refractivity contribution in [2.24, 2.45) is 0 Å². The van der Waals surface area contributed by atoms with E-state index in [1.54, 1.807) is 22.7 Å². The van der Waals surface area contributed by atoms with Crippen LogP contribution in [0.2, 0.25) is 4.34 Å². The van der Waals surface area contributed by atoms with Crippen LogP contribution in [0.3, 0.4) is 0 Å². The highest BCUT2D eigenvalue weighted by Gasteiger charge is 2.21. The molecule has 0 bridgehead atoms. The van der Waals surface area contributed by atoms with E-state index in [1.807, 2.05) is 0 Å². The van der Waals surface area contributed by atoms with Crippen LogP contribution in [-0.4, -0.2) is 11.5 Å². The highest BCUT2D eigenvalue weighted by atomic mass is 79.9. The molecule has 0 aliphatic heterocycles. The van der Waals surface area contributed by atoms with E-state index in [0.29, 0.717) is 0 Å². The number of nitrogens with one attached hydrogen (secondary N) is 1. The maximum Gasteiger partial charge on any atom is 0.115 e. The van der Waals surface area contributed by atoms with E-state index in [-0.39, 0.29) is 6.04 Å². The average molecular weight is 380 g/mol. The third kappa shape index (κ3) is 3.58. The third-order valence-electron chi connectivity index (χ3n) is 2.84. The molecule has 0 aromatic carbocycles. The van der Waals surface area contributed by atoms with E-state index in [9.17, 15) is 0 Å². The summed E-state index contributed by atoms with van der Waals surface area (Å²) in [6.07, 6.45) is 1.10. The Morgan fingerprint density at radius 1 is 1.42 bits per heavy atom. The summed E-state index contributed by atoms with van der Waals surface area (Å²) < 4.78 is 1.76. The Balaban J connectivity index is 2.34. The summed E-state index contributed by atoms with van der Waals surface area (Å²) in [7, 11) is 0. The summed E-state index contributed by atoms with van der Waals surface area (Å²) in [5, 5.41) is 4.68. The molecule has 104 valence electrons. The highest BCUT2D eigenvalue weighted by molar-refractivity contribution is 9.10. The number of hydrogen-bond donors (Lipinski definition) is 1. The Kier molecular flexibility index (Phi) is 5.43. The monoisotopic (exact) mass is 378 g/mol. The molecule has 1 atom stereocenters. The van der Waals surface area contributed by atoms with Crippen molar-refractivity contribution in [3.05, 3.63) is 35.3 Å². The van der Waals surface area contributed by atoms with Crippen molar-refractivity contribution in [2.45, 2.75) is 33.2 Å². The minimum Gasteiger partial charge on any atom is -0.304 e. The first-order valence-corrected chi connectivity index (χ1v) is 8.95. The molecule has 0 spiro atoms. The van der Waals surface area contributed by atoms with Crippen molar-refractivity contribution in [1.82, 2.24) is 10.3 Å². The van der Waals surface area contributed by atoms with Crippen LogP contribution in [0.25, 0.3) is 0 Å². The average Bonchev–Trinajstić information content (AvgIpc) is 2.85. The fraction of sp³-hybridized carbons (Fsp3) is 0.462. The summed E-state index contributed by atoms with van der Waals surface area (Å²) in [6.45, 7) is 7.31. The van der Waals surface area contributed by atoms with Gasteiger partial charge in [-0.25, -0.2) is 4.98 Å². The maximum atomic E-state index is 6.16. The molecular formula is C13H16BrClN2S2. The van der Waals surface area contributed by atoms with Gasteiger partial charge in [0.2, 0.25) is 0 Å². The first-order chi connectivity index (χ1) is 9.02. The molecule has 2 nitrogen and oxygen atoms in total. The molecule has 0 saturated heterocycles. The van der Waals surface area contributed by atoms with Gasteiger partial charge in [-0.3, -0.25) is 0 Å². The fourth-order valence-corrected chi connectivity index (χ4v) is 4.63. The molecule has 0 aliphatic carbocycles. The molecule has 2 aromatic rings. The molecule has 2 aromatic heterocycles. The second-order valence-corrected chi connectivity index (χ2v) is 8.13. The number of hydrogen-bond acceptors (Lipinski definition) is 4. The number of halogens is 2. The summed E-state index contributed by atoms with van der Waals surface area (Å²) >= 11 is 13.0. The largest absolute Gasteiger partial charge is 0.304 e. The summed E-state index contributed by atoms with van der Waals surface area (Å²) in [6, 6.07) is 2.23. The number of aryl methyl sites for hydroxylation is 2. The van der Waals surface area contributed by atoms with Crippen molar-refractivity contribution in [1.29, 1.82) is 0 Å². The molecule has 0 aliphatic rings. The Morgan fingerprint density at radius 2 is 2.16 bits per heavy atom. The molecule has 1 N–H and O–H groups in total. The van der Waals surface area contributed by atoms with Gasteiger partial charge in [-0.15, -0.1) is 22.7 Å². The zero-order chi connectivity index (χ0) is 14.0. The minimum absolute atomic E-state index is 0.145. The van der Waals surface area contributed by atoms with Crippen molar-refractivity contribution >= 4 is 50.2 Å². The van der Waals surface area contributed by atoms with E-state index < -0.39 is 0 Å².